The standard InChI is InChI=1S/C21H43N/c1-3-5-6-7-8-9-10-11-12-13-14-15-16-17-18-20-21(22)19-4-2/h4,21H,2-3,5-20,22H2,1H3. The van der Waals surface area contributed by atoms with Gasteiger partial charge in [0.1, 0.15) is 0 Å². The Morgan fingerprint density at radius 3 is 1.41 bits per heavy atom. The molecule has 0 fully saturated rings. The van der Waals surface area contributed by atoms with Crippen molar-refractivity contribution in [1.29, 1.82) is 0 Å². The van der Waals surface area contributed by atoms with Gasteiger partial charge in [0.2, 0.25) is 0 Å². The number of nitrogens with two attached hydrogens (primary N) is 1. The molecule has 0 radical (unpaired) electrons. The van der Waals surface area contributed by atoms with E-state index < -0.39 is 0 Å². The summed E-state index contributed by atoms with van der Waals surface area (Å²) in [5.41, 5.74) is 5.97. The van der Waals surface area contributed by atoms with Gasteiger partial charge in [-0.2, -0.15) is 0 Å². The normalized spacial score (nSPS) is 12.5. The lowest BCUT2D eigenvalue weighted by molar-refractivity contribution is 0.515. The molecule has 0 aromatic heterocycles. The van der Waals surface area contributed by atoms with Crippen LogP contribution in [0.4, 0.5) is 0 Å². The molecule has 1 unspecified atom stereocenters. The first kappa shape index (κ1) is 21.7. The third kappa shape index (κ3) is 17.8. The van der Waals surface area contributed by atoms with Crippen LogP contribution in [0.2, 0.25) is 0 Å². The van der Waals surface area contributed by atoms with Crippen LogP contribution < -0.4 is 5.73 Å². The predicted molar refractivity (Wildman–Crippen MR) is 102 cm³/mol. The number of hydrogen-bond donors (Lipinski definition) is 1. The fourth-order valence-electron chi connectivity index (χ4n) is 3.11. The number of unbranched alkanes of at least 4 members (excludes halogenated alkanes) is 14. The molecule has 1 atom stereocenters. The van der Waals surface area contributed by atoms with Gasteiger partial charge in [-0.25, -0.2) is 0 Å². The average molecular weight is 310 g/mol. The van der Waals surface area contributed by atoms with Gasteiger partial charge in [0, 0.05) is 6.04 Å². The van der Waals surface area contributed by atoms with Crippen LogP contribution in [0, 0.1) is 0 Å². The van der Waals surface area contributed by atoms with Crippen molar-refractivity contribution in [2.75, 3.05) is 0 Å². The second kappa shape index (κ2) is 18.7. The summed E-state index contributed by atoms with van der Waals surface area (Å²) in [7, 11) is 0. The molecule has 0 rings (SSSR count). The van der Waals surface area contributed by atoms with Gasteiger partial charge in [-0.15, -0.1) is 6.58 Å². The molecule has 2 N–H and O–H groups in total. The van der Waals surface area contributed by atoms with Crippen molar-refractivity contribution >= 4 is 0 Å². The van der Waals surface area contributed by atoms with E-state index in [1.54, 1.807) is 0 Å². The molecular formula is C21H43N. The Hall–Kier alpha value is -0.300. The summed E-state index contributed by atoms with van der Waals surface area (Å²) < 4.78 is 0. The first-order chi connectivity index (χ1) is 10.8. The average Bonchev–Trinajstić information content (AvgIpc) is 2.51. The van der Waals surface area contributed by atoms with E-state index in [0.29, 0.717) is 6.04 Å². The van der Waals surface area contributed by atoms with E-state index >= 15 is 0 Å². The lowest BCUT2D eigenvalue weighted by Crippen LogP contribution is -2.18. The third-order valence-corrected chi connectivity index (χ3v) is 4.65. The maximum Gasteiger partial charge on any atom is 0.00733 e. The van der Waals surface area contributed by atoms with Crippen LogP contribution in [0.15, 0.2) is 12.7 Å². The van der Waals surface area contributed by atoms with Gasteiger partial charge < -0.3 is 5.73 Å². The highest BCUT2D eigenvalue weighted by molar-refractivity contribution is 4.74. The van der Waals surface area contributed by atoms with Crippen LogP contribution in [-0.2, 0) is 0 Å². The molecule has 0 amide bonds. The Labute approximate surface area is 141 Å². The molecule has 0 heterocycles. The van der Waals surface area contributed by atoms with Gasteiger partial charge in [-0.05, 0) is 12.8 Å². The Morgan fingerprint density at radius 1 is 0.682 bits per heavy atom. The largest absolute Gasteiger partial charge is 0.327 e. The SMILES string of the molecule is C=CCC(N)CCCCCCCCCCCCCCCCC. The molecule has 0 saturated heterocycles. The zero-order chi connectivity index (χ0) is 16.3. The number of hydrogen-bond acceptors (Lipinski definition) is 1. The summed E-state index contributed by atoms with van der Waals surface area (Å²) >= 11 is 0. The Bertz CT molecular complexity index is 212. The van der Waals surface area contributed by atoms with Crippen molar-refractivity contribution in [2.45, 2.75) is 122 Å². The van der Waals surface area contributed by atoms with E-state index in [0.717, 1.165) is 6.42 Å². The van der Waals surface area contributed by atoms with Crippen molar-refractivity contribution in [3.05, 3.63) is 12.7 Å². The summed E-state index contributed by atoms with van der Waals surface area (Å²) in [6.45, 7) is 6.03. The zero-order valence-corrected chi connectivity index (χ0v) is 15.5. The molecule has 0 aliphatic rings. The summed E-state index contributed by atoms with van der Waals surface area (Å²) in [6, 6.07) is 0.347. The molecule has 0 aliphatic carbocycles. The Kier molecular flexibility index (Phi) is 18.5. The Balaban J connectivity index is 3.01. The van der Waals surface area contributed by atoms with Gasteiger partial charge in [0.05, 0.1) is 0 Å². The van der Waals surface area contributed by atoms with Crippen molar-refractivity contribution in [1.82, 2.24) is 0 Å². The van der Waals surface area contributed by atoms with Crippen molar-refractivity contribution in [3.8, 4) is 0 Å². The Morgan fingerprint density at radius 2 is 1.05 bits per heavy atom. The van der Waals surface area contributed by atoms with Gasteiger partial charge in [0.25, 0.3) is 0 Å². The summed E-state index contributed by atoms with van der Waals surface area (Å²) in [4.78, 5) is 0. The molecule has 0 spiro atoms. The lowest BCUT2D eigenvalue weighted by Gasteiger charge is -2.08. The first-order valence-electron chi connectivity index (χ1n) is 10.2. The maximum absolute atomic E-state index is 5.97. The number of rotatable bonds is 18. The predicted octanol–water partition coefficient (Wildman–Crippen LogP) is 7.15. The van der Waals surface area contributed by atoms with E-state index in [-0.39, 0.29) is 0 Å². The van der Waals surface area contributed by atoms with Crippen LogP contribution in [-0.4, -0.2) is 6.04 Å². The van der Waals surface area contributed by atoms with Crippen molar-refractivity contribution in [3.63, 3.8) is 0 Å². The minimum atomic E-state index is 0.347. The second-order valence-electron chi connectivity index (χ2n) is 7.02. The van der Waals surface area contributed by atoms with E-state index in [1.165, 1.54) is 103 Å². The van der Waals surface area contributed by atoms with Crippen molar-refractivity contribution < 1.29 is 0 Å². The molecule has 0 bridgehead atoms. The fraction of sp³-hybridized carbons (Fsp3) is 0.905. The second-order valence-corrected chi connectivity index (χ2v) is 7.02. The lowest BCUT2D eigenvalue weighted by atomic mass is 10.0. The van der Waals surface area contributed by atoms with Gasteiger partial charge in [-0.3, -0.25) is 0 Å². The van der Waals surface area contributed by atoms with Gasteiger partial charge in [0.15, 0.2) is 0 Å². The molecule has 0 aromatic rings. The van der Waals surface area contributed by atoms with Crippen LogP contribution in [0.25, 0.3) is 0 Å². The molecule has 0 saturated carbocycles. The molecule has 1 nitrogen and oxygen atoms in total. The highest BCUT2D eigenvalue weighted by Gasteiger charge is 1.99. The summed E-state index contributed by atoms with van der Waals surface area (Å²) in [5, 5.41) is 0. The highest BCUT2D eigenvalue weighted by Crippen LogP contribution is 2.14. The van der Waals surface area contributed by atoms with E-state index in [2.05, 4.69) is 13.5 Å². The summed E-state index contributed by atoms with van der Waals surface area (Å²) in [5.74, 6) is 0. The smallest absolute Gasteiger partial charge is 0.00733 e. The van der Waals surface area contributed by atoms with Gasteiger partial charge >= 0.3 is 0 Å². The van der Waals surface area contributed by atoms with Gasteiger partial charge in [-0.1, -0.05) is 109 Å². The molecule has 132 valence electrons. The fourth-order valence-corrected chi connectivity index (χ4v) is 3.11. The van der Waals surface area contributed by atoms with Crippen LogP contribution in [0.5, 0.6) is 0 Å². The van der Waals surface area contributed by atoms with Crippen LogP contribution in [0.1, 0.15) is 116 Å². The molecule has 0 aromatic carbocycles. The molecular weight excluding hydrogens is 266 g/mol. The van der Waals surface area contributed by atoms with Crippen molar-refractivity contribution in [2.24, 2.45) is 5.73 Å². The molecule has 1 heteroatoms. The van der Waals surface area contributed by atoms with Crippen LogP contribution >= 0.6 is 0 Å². The molecule has 22 heavy (non-hydrogen) atoms. The summed E-state index contributed by atoms with van der Waals surface area (Å²) in [6.07, 6.45) is 25.5. The van der Waals surface area contributed by atoms with Crippen LogP contribution in [0.3, 0.4) is 0 Å². The third-order valence-electron chi connectivity index (χ3n) is 4.65. The highest BCUT2D eigenvalue weighted by atomic mass is 14.6. The minimum Gasteiger partial charge on any atom is -0.327 e. The minimum absolute atomic E-state index is 0.347. The topological polar surface area (TPSA) is 26.0 Å². The quantitative estimate of drug-likeness (QED) is 0.211. The van der Waals surface area contributed by atoms with E-state index in [9.17, 15) is 0 Å². The zero-order valence-electron chi connectivity index (χ0n) is 15.5. The maximum atomic E-state index is 5.97. The van der Waals surface area contributed by atoms with E-state index in [4.69, 9.17) is 5.73 Å². The van der Waals surface area contributed by atoms with E-state index in [1.807, 2.05) is 6.08 Å². The first-order valence-corrected chi connectivity index (χ1v) is 10.2. The monoisotopic (exact) mass is 309 g/mol. The molecule has 0 aliphatic heterocycles.